The highest BCUT2D eigenvalue weighted by atomic mass is 35.5. The highest BCUT2D eigenvalue weighted by molar-refractivity contribution is 6.30. The van der Waals surface area contributed by atoms with Gasteiger partial charge in [-0.25, -0.2) is 4.98 Å². The van der Waals surface area contributed by atoms with Crippen molar-refractivity contribution in [1.29, 1.82) is 0 Å². The van der Waals surface area contributed by atoms with E-state index in [-0.39, 0.29) is 0 Å². The molecule has 0 radical (unpaired) electrons. The second-order valence-corrected chi connectivity index (χ2v) is 4.60. The molecule has 0 aliphatic heterocycles. The lowest BCUT2D eigenvalue weighted by Crippen LogP contribution is -2.05. The molecule has 0 saturated heterocycles. The lowest BCUT2D eigenvalue weighted by atomic mass is 10.2. The fourth-order valence-electron chi connectivity index (χ4n) is 1.81. The second-order valence-electron chi connectivity index (χ2n) is 4.17. The van der Waals surface area contributed by atoms with E-state index in [9.17, 15) is 4.79 Å². The van der Waals surface area contributed by atoms with Crippen molar-refractivity contribution >= 4 is 17.9 Å². The molecule has 5 heteroatoms. The van der Waals surface area contributed by atoms with Crippen LogP contribution < -0.4 is 4.74 Å². The first-order chi connectivity index (χ1) is 9.24. The Balaban J connectivity index is 2.10. The summed E-state index contributed by atoms with van der Waals surface area (Å²) < 4.78 is 7.70. The van der Waals surface area contributed by atoms with Crippen LogP contribution in [0.25, 0.3) is 0 Å². The van der Waals surface area contributed by atoms with Crippen LogP contribution >= 0.6 is 11.6 Å². The molecular formula is C14H15ClN2O2. The number of imidazole rings is 1. The summed E-state index contributed by atoms with van der Waals surface area (Å²) in [4.78, 5) is 15.1. The van der Waals surface area contributed by atoms with Crippen LogP contribution in [0.5, 0.6) is 5.75 Å². The molecule has 0 unspecified atom stereocenters. The van der Waals surface area contributed by atoms with Crippen LogP contribution in [-0.4, -0.2) is 15.8 Å². The predicted molar refractivity (Wildman–Crippen MR) is 73.7 cm³/mol. The molecule has 0 fully saturated rings. The van der Waals surface area contributed by atoms with Gasteiger partial charge in [0.05, 0.1) is 23.8 Å². The van der Waals surface area contributed by atoms with Crippen molar-refractivity contribution in [2.24, 2.45) is 0 Å². The molecule has 100 valence electrons. The minimum Gasteiger partial charge on any atom is -0.487 e. The van der Waals surface area contributed by atoms with Crippen molar-refractivity contribution in [1.82, 2.24) is 9.55 Å². The average molecular weight is 279 g/mol. The highest BCUT2D eigenvalue weighted by Crippen LogP contribution is 2.22. The van der Waals surface area contributed by atoms with Crippen molar-refractivity contribution in [3.8, 4) is 5.75 Å². The number of halogens is 1. The Morgan fingerprint density at radius 1 is 1.47 bits per heavy atom. The smallest absolute Gasteiger partial charge is 0.153 e. The number of aldehydes is 1. The molecule has 0 N–H and O–H groups in total. The largest absolute Gasteiger partial charge is 0.487 e. The summed E-state index contributed by atoms with van der Waals surface area (Å²) in [5, 5.41) is 0.519. The first-order valence-electron chi connectivity index (χ1n) is 6.11. The van der Waals surface area contributed by atoms with Crippen LogP contribution in [0.1, 0.15) is 29.4 Å². The van der Waals surface area contributed by atoms with Gasteiger partial charge in [0.25, 0.3) is 0 Å². The van der Waals surface area contributed by atoms with Crippen LogP contribution in [-0.2, 0) is 13.2 Å². The molecular weight excluding hydrogens is 264 g/mol. The van der Waals surface area contributed by atoms with E-state index in [0.29, 0.717) is 22.9 Å². The minimum absolute atomic E-state index is 0.377. The summed E-state index contributed by atoms with van der Waals surface area (Å²) in [6.07, 6.45) is 5.32. The summed E-state index contributed by atoms with van der Waals surface area (Å²) in [7, 11) is 0. The van der Waals surface area contributed by atoms with E-state index in [1.54, 1.807) is 30.7 Å². The lowest BCUT2D eigenvalue weighted by molar-refractivity contribution is 0.111. The van der Waals surface area contributed by atoms with Crippen LogP contribution in [0.4, 0.5) is 0 Å². The quantitative estimate of drug-likeness (QED) is 0.761. The number of carbonyl (C=O) groups is 1. The summed E-state index contributed by atoms with van der Waals surface area (Å²) >= 11 is 5.83. The molecule has 1 aromatic carbocycles. The van der Waals surface area contributed by atoms with Crippen LogP contribution in [0.3, 0.4) is 0 Å². The van der Waals surface area contributed by atoms with Gasteiger partial charge in [-0.05, 0) is 24.6 Å². The third kappa shape index (κ3) is 3.35. The van der Waals surface area contributed by atoms with Crippen LogP contribution in [0.2, 0.25) is 5.02 Å². The molecule has 1 heterocycles. The van der Waals surface area contributed by atoms with Gasteiger partial charge >= 0.3 is 0 Å². The Hall–Kier alpha value is -1.81. The van der Waals surface area contributed by atoms with E-state index in [2.05, 4.69) is 11.9 Å². The van der Waals surface area contributed by atoms with Gasteiger partial charge in [-0.15, -0.1) is 0 Å². The first-order valence-corrected chi connectivity index (χ1v) is 6.49. The third-order valence-electron chi connectivity index (χ3n) is 2.74. The van der Waals surface area contributed by atoms with Crippen molar-refractivity contribution in [3.63, 3.8) is 0 Å². The van der Waals surface area contributed by atoms with Crippen LogP contribution in [0.15, 0.2) is 30.7 Å². The normalized spacial score (nSPS) is 10.4. The zero-order valence-corrected chi connectivity index (χ0v) is 11.4. The molecule has 1 aromatic heterocycles. The number of rotatable bonds is 6. The summed E-state index contributed by atoms with van der Waals surface area (Å²) in [5.41, 5.74) is 1.43. The van der Waals surface area contributed by atoms with Gasteiger partial charge in [-0.1, -0.05) is 18.5 Å². The number of aryl methyl sites for hydroxylation is 1. The number of hydrogen-bond donors (Lipinski definition) is 0. The number of ether oxygens (including phenoxy) is 1. The fourth-order valence-corrected chi connectivity index (χ4v) is 1.99. The molecule has 4 nitrogen and oxygen atoms in total. The second kappa shape index (κ2) is 6.38. The topological polar surface area (TPSA) is 44.1 Å². The summed E-state index contributed by atoms with van der Waals surface area (Å²) in [6, 6.07) is 4.99. The lowest BCUT2D eigenvalue weighted by Gasteiger charge is -2.10. The molecule has 0 amide bonds. The number of nitrogens with zero attached hydrogens (tertiary/aromatic N) is 2. The standard InChI is InChI=1S/C14H15ClN2O2/c1-2-5-17-10-16-7-13(17)9-19-14-4-3-12(15)6-11(14)8-18/h3-4,6-8,10H,2,5,9H2,1H3. The van der Waals surface area contributed by atoms with E-state index in [1.807, 2.05) is 4.57 Å². The zero-order valence-electron chi connectivity index (χ0n) is 10.7. The maximum Gasteiger partial charge on any atom is 0.153 e. The average Bonchev–Trinajstić information content (AvgIpc) is 2.85. The molecule has 0 bridgehead atoms. The Bertz CT molecular complexity index is 566. The summed E-state index contributed by atoms with van der Waals surface area (Å²) in [6.45, 7) is 3.39. The van der Waals surface area contributed by atoms with Gasteiger partial charge in [-0.3, -0.25) is 4.79 Å². The maximum atomic E-state index is 11.0. The van der Waals surface area contributed by atoms with E-state index in [1.165, 1.54) is 0 Å². The van der Waals surface area contributed by atoms with Crippen molar-refractivity contribution in [3.05, 3.63) is 47.0 Å². The maximum absolute atomic E-state index is 11.0. The highest BCUT2D eigenvalue weighted by Gasteiger charge is 2.06. The predicted octanol–water partition coefficient (Wildman–Crippen LogP) is 3.34. The van der Waals surface area contributed by atoms with E-state index in [4.69, 9.17) is 16.3 Å². The molecule has 0 aliphatic rings. The molecule has 2 aromatic rings. The molecule has 0 aliphatic carbocycles. The van der Waals surface area contributed by atoms with E-state index in [0.717, 1.165) is 24.9 Å². The van der Waals surface area contributed by atoms with Gasteiger partial charge in [0.1, 0.15) is 12.4 Å². The molecule has 0 atom stereocenters. The van der Waals surface area contributed by atoms with Gasteiger partial charge in [0.2, 0.25) is 0 Å². The number of hydrogen-bond acceptors (Lipinski definition) is 3. The Kier molecular flexibility index (Phi) is 4.58. The number of benzene rings is 1. The fraction of sp³-hybridized carbons (Fsp3) is 0.286. The van der Waals surface area contributed by atoms with Gasteiger partial charge in [0.15, 0.2) is 6.29 Å². The van der Waals surface area contributed by atoms with E-state index < -0.39 is 0 Å². The van der Waals surface area contributed by atoms with Gasteiger partial charge in [-0.2, -0.15) is 0 Å². The number of carbonyl (C=O) groups excluding carboxylic acids is 1. The van der Waals surface area contributed by atoms with Crippen molar-refractivity contribution < 1.29 is 9.53 Å². The molecule has 0 saturated carbocycles. The Morgan fingerprint density at radius 2 is 2.32 bits per heavy atom. The monoisotopic (exact) mass is 278 g/mol. The first kappa shape index (κ1) is 13.6. The van der Waals surface area contributed by atoms with Gasteiger partial charge < -0.3 is 9.30 Å². The third-order valence-corrected chi connectivity index (χ3v) is 2.97. The number of aromatic nitrogens is 2. The van der Waals surface area contributed by atoms with Crippen LogP contribution in [0, 0.1) is 0 Å². The molecule has 19 heavy (non-hydrogen) atoms. The van der Waals surface area contributed by atoms with Crippen molar-refractivity contribution in [2.45, 2.75) is 26.5 Å². The van der Waals surface area contributed by atoms with E-state index >= 15 is 0 Å². The minimum atomic E-state index is 0.377. The SMILES string of the molecule is CCCn1cncc1COc1ccc(Cl)cc1C=O. The van der Waals surface area contributed by atoms with Crippen molar-refractivity contribution in [2.75, 3.05) is 0 Å². The molecule has 2 rings (SSSR count). The zero-order chi connectivity index (χ0) is 13.7. The Labute approximate surface area is 117 Å². The van der Waals surface area contributed by atoms with Gasteiger partial charge in [0, 0.05) is 11.6 Å². The molecule has 0 spiro atoms. The summed E-state index contributed by atoms with van der Waals surface area (Å²) in [5.74, 6) is 0.531. The Morgan fingerprint density at radius 3 is 3.05 bits per heavy atom.